The van der Waals surface area contributed by atoms with Crippen LogP contribution in [0.1, 0.15) is 43.1 Å². The molecule has 0 aromatic heterocycles. The molecule has 2 aromatic rings. The summed E-state index contributed by atoms with van der Waals surface area (Å²) in [6.07, 6.45) is 0.402. The van der Waals surface area contributed by atoms with Crippen molar-refractivity contribution in [2.24, 2.45) is 5.92 Å². The van der Waals surface area contributed by atoms with Crippen LogP contribution in [0.4, 0.5) is 11.4 Å². The average molecular weight is 354 g/mol. The molecule has 0 atom stereocenters. The molecular formula is C21H26N2O3. The summed E-state index contributed by atoms with van der Waals surface area (Å²) in [6, 6.07) is 12.5. The molecule has 0 radical (unpaired) electrons. The maximum absolute atomic E-state index is 12.5. The van der Waals surface area contributed by atoms with E-state index in [1.165, 1.54) is 0 Å². The first-order valence-electron chi connectivity index (χ1n) is 8.83. The van der Waals surface area contributed by atoms with Gasteiger partial charge in [0.05, 0.1) is 6.61 Å². The predicted molar refractivity (Wildman–Crippen MR) is 105 cm³/mol. The monoisotopic (exact) mass is 354 g/mol. The summed E-state index contributed by atoms with van der Waals surface area (Å²) >= 11 is 0. The summed E-state index contributed by atoms with van der Waals surface area (Å²) in [6.45, 7) is 8.45. The highest BCUT2D eigenvalue weighted by Gasteiger charge is 2.10. The number of amides is 2. The summed E-state index contributed by atoms with van der Waals surface area (Å²) in [5.74, 6) is 0.797. The topological polar surface area (TPSA) is 67.4 Å². The quantitative estimate of drug-likeness (QED) is 0.762. The lowest BCUT2D eigenvalue weighted by Crippen LogP contribution is -2.14. The zero-order chi connectivity index (χ0) is 19.1. The minimum absolute atomic E-state index is 0.0634. The Balaban J connectivity index is 2.11. The molecule has 0 saturated heterocycles. The largest absolute Gasteiger partial charge is 0.493 e. The van der Waals surface area contributed by atoms with Crippen molar-refractivity contribution in [2.45, 2.75) is 34.1 Å². The second-order valence-electron chi connectivity index (χ2n) is 6.62. The van der Waals surface area contributed by atoms with E-state index in [1.54, 1.807) is 31.2 Å². The van der Waals surface area contributed by atoms with E-state index in [-0.39, 0.29) is 11.8 Å². The second kappa shape index (κ2) is 9.04. The van der Waals surface area contributed by atoms with Gasteiger partial charge in [-0.3, -0.25) is 9.59 Å². The van der Waals surface area contributed by atoms with Gasteiger partial charge in [0.1, 0.15) is 5.75 Å². The fourth-order valence-corrected chi connectivity index (χ4v) is 2.27. The molecule has 0 fully saturated rings. The van der Waals surface area contributed by atoms with Crippen LogP contribution in [0, 0.1) is 12.8 Å². The number of hydrogen-bond acceptors (Lipinski definition) is 3. The maximum atomic E-state index is 12.5. The van der Waals surface area contributed by atoms with E-state index in [4.69, 9.17) is 4.74 Å². The lowest BCUT2D eigenvalue weighted by atomic mass is 10.1. The van der Waals surface area contributed by atoms with Gasteiger partial charge < -0.3 is 15.4 Å². The van der Waals surface area contributed by atoms with Gasteiger partial charge in [0.15, 0.2) is 0 Å². The van der Waals surface area contributed by atoms with Crippen LogP contribution in [0.15, 0.2) is 42.5 Å². The van der Waals surface area contributed by atoms with Crippen molar-refractivity contribution in [2.75, 3.05) is 17.2 Å². The van der Waals surface area contributed by atoms with E-state index in [2.05, 4.69) is 24.5 Å². The molecule has 2 rings (SSSR count). The summed E-state index contributed by atoms with van der Waals surface area (Å²) in [5.41, 5.74) is 2.78. The standard InChI is InChI=1S/C21H26N2O3/c1-5-20(24)23-19-12-17(10-9-15(19)4)22-21(25)16-7-6-8-18(11-16)26-13-14(2)3/h6-12,14H,5,13H2,1-4H3,(H,22,25)(H,23,24). The molecular weight excluding hydrogens is 328 g/mol. The van der Waals surface area contributed by atoms with Gasteiger partial charge in [-0.2, -0.15) is 0 Å². The molecule has 0 spiro atoms. The smallest absolute Gasteiger partial charge is 0.255 e. The molecule has 138 valence electrons. The van der Waals surface area contributed by atoms with Gasteiger partial charge in [0.25, 0.3) is 5.91 Å². The SMILES string of the molecule is CCC(=O)Nc1cc(NC(=O)c2cccc(OCC(C)C)c2)ccc1C. The van der Waals surface area contributed by atoms with Gasteiger partial charge in [-0.05, 0) is 48.7 Å². The van der Waals surface area contributed by atoms with E-state index in [0.717, 1.165) is 5.56 Å². The van der Waals surface area contributed by atoms with Gasteiger partial charge in [-0.25, -0.2) is 0 Å². The number of anilines is 2. The van der Waals surface area contributed by atoms with Gasteiger partial charge in [-0.1, -0.05) is 32.9 Å². The molecule has 26 heavy (non-hydrogen) atoms. The summed E-state index contributed by atoms with van der Waals surface area (Å²) < 4.78 is 5.67. The third kappa shape index (κ3) is 5.62. The van der Waals surface area contributed by atoms with Crippen LogP contribution < -0.4 is 15.4 Å². The first-order valence-corrected chi connectivity index (χ1v) is 8.83. The molecule has 5 heteroatoms. The van der Waals surface area contributed by atoms with Gasteiger partial charge in [-0.15, -0.1) is 0 Å². The molecule has 0 saturated carbocycles. The third-order valence-corrected chi connectivity index (χ3v) is 3.77. The van der Waals surface area contributed by atoms with Crippen molar-refractivity contribution in [3.8, 4) is 5.75 Å². The van der Waals surface area contributed by atoms with Crippen molar-refractivity contribution >= 4 is 23.2 Å². The molecule has 5 nitrogen and oxygen atoms in total. The summed E-state index contributed by atoms with van der Waals surface area (Å²) in [7, 11) is 0. The van der Waals surface area contributed by atoms with Crippen LogP contribution in [0.2, 0.25) is 0 Å². The molecule has 0 aliphatic carbocycles. The lowest BCUT2D eigenvalue weighted by molar-refractivity contribution is -0.115. The van der Waals surface area contributed by atoms with Crippen molar-refractivity contribution in [3.63, 3.8) is 0 Å². The minimum atomic E-state index is -0.225. The van der Waals surface area contributed by atoms with E-state index >= 15 is 0 Å². The number of aryl methyl sites for hydroxylation is 1. The molecule has 0 bridgehead atoms. The molecule has 0 unspecified atom stereocenters. The van der Waals surface area contributed by atoms with Crippen molar-refractivity contribution in [1.82, 2.24) is 0 Å². The van der Waals surface area contributed by atoms with Crippen LogP contribution in [0.25, 0.3) is 0 Å². The Hall–Kier alpha value is -2.82. The highest BCUT2D eigenvalue weighted by atomic mass is 16.5. The van der Waals surface area contributed by atoms with Gasteiger partial charge in [0, 0.05) is 23.4 Å². The van der Waals surface area contributed by atoms with Crippen LogP contribution >= 0.6 is 0 Å². The van der Waals surface area contributed by atoms with Crippen LogP contribution in [0.3, 0.4) is 0 Å². The Morgan fingerprint density at radius 1 is 1.08 bits per heavy atom. The Kier molecular flexibility index (Phi) is 6.78. The molecule has 2 amide bonds. The molecule has 0 aliphatic heterocycles. The van der Waals surface area contributed by atoms with E-state index < -0.39 is 0 Å². The first kappa shape index (κ1) is 19.5. The number of carbonyl (C=O) groups excluding carboxylic acids is 2. The summed E-state index contributed by atoms with van der Waals surface area (Å²) in [4.78, 5) is 24.1. The fraction of sp³-hybridized carbons (Fsp3) is 0.333. The fourth-order valence-electron chi connectivity index (χ4n) is 2.27. The van der Waals surface area contributed by atoms with Crippen LogP contribution in [-0.2, 0) is 4.79 Å². The zero-order valence-electron chi connectivity index (χ0n) is 15.8. The van der Waals surface area contributed by atoms with Gasteiger partial charge in [0.2, 0.25) is 5.91 Å². The Labute approximate surface area is 154 Å². The number of ether oxygens (including phenoxy) is 1. The van der Waals surface area contributed by atoms with Crippen LogP contribution in [0.5, 0.6) is 5.75 Å². The first-order chi connectivity index (χ1) is 12.4. The predicted octanol–water partition coefficient (Wildman–Crippen LogP) is 4.63. The Morgan fingerprint density at radius 3 is 2.54 bits per heavy atom. The number of rotatable bonds is 7. The highest BCUT2D eigenvalue weighted by molar-refractivity contribution is 6.05. The Bertz CT molecular complexity index is 785. The lowest BCUT2D eigenvalue weighted by Gasteiger charge is -2.12. The molecule has 0 heterocycles. The minimum Gasteiger partial charge on any atom is -0.493 e. The van der Waals surface area contributed by atoms with Crippen molar-refractivity contribution < 1.29 is 14.3 Å². The molecule has 0 aliphatic rings. The number of benzene rings is 2. The number of carbonyl (C=O) groups is 2. The summed E-state index contributed by atoms with van der Waals surface area (Å²) in [5, 5.41) is 5.70. The third-order valence-electron chi connectivity index (χ3n) is 3.77. The molecule has 2 N–H and O–H groups in total. The normalized spacial score (nSPS) is 10.5. The highest BCUT2D eigenvalue weighted by Crippen LogP contribution is 2.22. The number of nitrogens with one attached hydrogen (secondary N) is 2. The number of hydrogen-bond donors (Lipinski definition) is 2. The van der Waals surface area contributed by atoms with Crippen molar-refractivity contribution in [1.29, 1.82) is 0 Å². The van der Waals surface area contributed by atoms with Crippen molar-refractivity contribution in [3.05, 3.63) is 53.6 Å². The van der Waals surface area contributed by atoms with E-state index in [9.17, 15) is 9.59 Å². The van der Waals surface area contributed by atoms with E-state index in [1.807, 2.05) is 25.1 Å². The van der Waals surface area contributed by atoms with Gasteiger partial charge >= 0.3 is 0 Å². The zero-order valence-corrected chi connectivity index (χ0v) is 15.8. The van der Waals surface area contributed by atoms with E-state index in [0.29, 0.717) is 41.6 Å². The second-order valence-corrected chi connectivity index (χ2v) is 6.62. The Morgan fingerprint density at radius 2 is 1.85 bits per heavy atom. The molecule has 2 aromatic carbocycles. The average Bonchev–Trinajstić information content (AvgIpc) is 2.62. The van der Waals surface area contributed by atoms with Crippen LogP contribution in [-0.4, -0.2) is 18.4 Å². The maximum Gasteiger partial charge on any atom is 0.255 e.